The average Bonchev–Trinajstić information content (AvgIpc) is 2.76. The van der Waals surface area contributed by atoms with Crippen LogP contribution < -0.4 is 22.1 Å². The zero-order valence-electron chi connectivity index (χ0n) is 18.5. The number of nitrogens with two attached hydrogens (primary N) is 2. The number of esters is 1. The van der Waals surface area contributed by atoms with E-state index in [2.05, 4.69) is 15.7 Å². The molecule has 1 atom stereocenters. The molecule has 1 aromatic carbocycles. The second-order valence-electron chi connectivity index (χ2n) is 7.39. The Morgan fingerprint density at radius 1 is 1.03 bits per heavy atom. The van der Waals surface area contributed by atoms with E-state index in [4.69, 9.17) is 16.2 Å². The van der Waals surface area contributed by atoms with Gasteiger partial charge >= 0.3 is 5.97 Å². The van der Waals surface area contributed by atoms with Crippen molar-refractivity contribution in [3.05, 3.63) is 46.0 Å². The van der Waals surface area contributed by atoms with Gasteiger partial charge in [-0.15, -0.1) is 0 Å². The predicted octanol–water partition coefficient (Wildman–Crippen LogP) is 0.917. The lowest BCUT2D eigenvalue weighted by Crippen LogP contribution is -2.45. The number of carbonyl (C=O) groups excluding carboxylic acids is 3. The molecule has 6 N–H and O–H groups in total. The Kier molecular flexibility index (Phi) is 13.3. The van der Waals surface area contributed by atoms with Crippen molar-refractivity contribution in [3.63, 3.8) is 0 Å². The van der Waals surface area contributed by atoms with Gasteiger partial charge in [0.25, 0.3) is 5.96 Å². The molecule has 0 aromatic heterocycles. The van der Waals surface area contributed by atoms with Crippen LogP contribution in [0.25, 0.3) is 0 Å². The van der Waals surface area contributed by atoms with Crippen LogP contribution in [0, 0.1) is 10.1 Å². The Balaban J connectivity index is 2.15. The number of nitrogens with one attached hydrogen (secondary N) is 2. The second-order valence-corrected chi connectivity index (χ2v) is 7.39. The third-order valence-corrected chi connectivity index (χ3v) is 4.62. The highest BCUT2D eigenvalue weighted by atomic mass is 16.7. The quantitative estimate of drug-likeness (QED) is 0.0692. The summed E-state index contributed by atoms with van der Waals surface area (Å²) in [6, 6.07) is 7.99. The largest absolute Gasteiger partial charge is 0.461 e. The van der Waals surface area contributed by atoms with Gasteiger partial charge in [0.1, 0.15) is 17.8 Å². The summed E-state index contributed by atoms with van der Waals surface area (Å²) in [7, 11) is 0. The van der Waals surface area contributed by atoms with Gasteiger partial charge in [0, 0.05) is 13.0 Å². The van der Waals surface area contributed by atoms with E-state index in [1.54, 1.807) is 0 Å². The lowest BCUT2D eigenvalue weighted by atomic mass is 10.1. The summed E-state index contributed by atoms with van der Waals surface area (Å²) in [6.45, 7) is 0.572. The summed E-state index contributed by atoms with van der Waals surface area (Å²) in [5.74, 6) is -1.98. The molecule has 182 valence electrons. The van der Waals surface area contributed by atoms with Crippen LogP contribution in [0.5, 0.6) is 0 Å². The van der Waals surface area contributed by atoms with Crippen molar-refractivity contribution in [2.24, 2.45) is 16.6 Å². The van der Waals surface area contributed by atoms with Crippen molar-refractivity contribution in [2.45, 2.75) is 64.0 Å². The van der Waals surface area contributed by atoms with E-state index in [1.807, 2.05) is 30.3 Å². The maximum Gasteiger partial charge on any atom is 0.308 e. The van der Waals surface area contributed by atoms with Crippen molar-refractivity contribution < 1.29 is 24.2 Å². The van der Waals surface area contributed by atoms with E-state index in [-0.39, 0.29) is 31.3 Å². The van der Waals surface area contributed by atoms with Crippen molar-refractivity contribution in [2.75, 3.05) is 6.54 Å². The number of nitro groups is 1. The molecule has 0 radical (unpaired) electrons. The number of rotatable bonds is 16. The third kappa shape index (κ3) is 14.1. The van der Waals surface area contributed by atoms with E-state index in [1.165, 1.54) is 0 Å². The summed E-state index contributed by atoms with van der Waals surface area (Å²) in [6.07, 6.45) is 4.90. The number of primary amides is 1. The summed E-state index contributed by atoms with van der Waals surface area (Å²) in [4.78, 5) is 45.8. The summed E-state index contributed by atoms with van der Waals surface area (Å²) < 4.78 is 5.13. The van der Waals surface area contributed by atoms with Gasteiger partial charge in [-0.2, -0.15) is 0 Å². The number of hydrazone groups is 1. The number of carbonyl (C=O) groups is 3. The molecule has 33 heavy (non-hydrogen) atoms. The lowest BCUT2D eigenvalue weighted by molar-refractivity contribution is -0.485. The number of hydrogen-bond acceptors (Lipinski definition) is 6. The van der Waals surface area contributed by atoms with E-state index in [0.717, 1.165) is 37.7 Å². The fourth-order valence-electron chi connectivity index (χ4n) is 2.91. The number of guanidine groups is 1. The number of benzene rings is 1. The maximum absolute atomic E-state index is 12.1. The van der Waals surface area contributed by atoms with Gasteiger partial charge in [-0.05, 0) is 18.4 Å². The first-order valence-electron chi connectivity index (χ1n) is 10.8. The molecule has 12 heteroatoms. The zero-order chi connectivity index (χ0) is 24.5. The molecule has 1 aromatic rings. The molecule has 0 heterocycles. The molecular weight excluding hydrogens is 432 g/mol. The topological polar surface area (TPSA) is 192 Å². The Morgan fingerprint density at radius 3 is 2.30 bits per heavy atom. The van der Waals surface area contributed by atoms with E-state index >= 15 is 0 Å². The van der Waals surface area contributed by atoms with Crippen LogP contribution in [-0.2, 0) is 25.7 Å². The number of hydrogen-bond donors (Lipinski definition) is 4. The fourth-order valence-corrected chi connectivity index (χ4v) is 2.91. The van der Waals surface area contributed by atoms with Crippen LogP contribution in [0.4, 0.5) is 0 Å². The highest BCUT2D eigenvalue weighted by Crippen LogP contribution is 2.08. The highest BCUT2D eigenvalue weighted by Gasteiger charge is 2.22. The molecule has 1 rings (SSSR count). The molecule has 2 amide bonds. The van der Waals surface area contributed by atoms with E-state index < -0.39 is 23.0 Å². The Bertz CT molecular complexity index is 802. The van der Waals surface area contributed by atoms with Crippen LogP contribution in [0.3, 0.4) is 0 Å². The van der Waals surface area contributed by atoms with Crippen LogP contribution >= 0.6 is 0 Å². The van der Waals surface area contributed by atoms with Crippen molar-refractivity contribution >= 4 is 23.7 Å². The Morgan fingerprint density at radius 2 is 1.67 bits per heavy atom. The number of amides is 2. The van der Waals surface area contributed by atoms with E-state index in [0.29, 0.717) is 13.0 Å². The smallest absolute Gasteiger partial charge is 0.308 e. The van der Waals surface area contributed by atoms with Crippen LogP contribution in [-0.4, -0.2) is 41.4 Å². The second kappa shape index (κ2) is 16.0. The standard InChI is InChI=1S/C21H32N6O6/c22-20(30)17(14-19(29)33-15-16-10-6-5-7-11-16)25-18(28)12-8-3-1-2-4-9-13-24-21(23)26-27(31)32/h5-7,10-11,17H,1-4,8-9,12-15H2,(H2,22,30)(H,25,28)(H3,23,24,26)/t17-/m0/s1. The molecule has 0 saturated carbocycles. The lowest BCUT2D eigenvalue weighted by Gasteiger charge is -2.15. The highest BCUT2D eigenvalue weighted by molar-refractivity contribution is 5.90. The molecule has 12 nitrogen and oxygen atoms in total. The molecule has 0 aliphatic carbocycles. The van der Waals surface area contributed by atoms with Gasteiger partial charge in [0.05, 0.1) is 6.42 Å². The monoisotopic (exact) mass is 464 g/mol. The minimum Gasteiger partial charge on any atom is -0.461 e. The van der Waals surface area contributed by atoms with Crippen LogP contribution in [0.2, 0.25) is 0 Å². The average molecular weight is 465 g/mol. The van der Waals surface area contributed by atoms with Gasteiger partial charge < -0.3 is 26.8 Å². The first kappa shape index (κ1) is 27.3. The SMILES string of the molecule is NC(=O)[C@H](CC(=O)OCc1ccccc1)NC(=O)CCCCCCCCN/C(N)=N/[N+](=O)[O-]. The van der Waals surface area contributed by atoms with Crippen molar-refractivity contribution in [1.29, 1.82) is 0 Å². The summed E-state index contributed by atoms with van der Waals surface area (Å²) >= 11 is 0. The molecule has 0 saturated heterocycles. The van der Waals surface area contributed by atoms with Gasteiger partial charge in [-0.1, -0.05) is 56.0 Å². The normalized spacial score (nSPS) is 11.9. The minimum absolute atomic E-state index is 0.0784. The van der Waals surface area contributed by atoms with Gasteiger partial charge in [-0.25, -0.2) is 10.1 Å². The first-order chi connectivity index (χ1) is 15.8. The molecular formula is C21H32N6O6. The van der Waals surface area contributed by atoms with Crippen molar-refractivity contribution in [3.8, 4) is 0 Å². The fraction of sp³-hybridized carbons (Fsp3) is 0.524. The van der Waals surface area contributed by atoms with Crippen LogP contribution in [0.15, 0.2) is 35.4 Å². The molecule has 0 fully saturated rings. The third-order valence-electron chi connectivity index (χ3n) is 4.62. The van der Waals surface area contributed by atoms with Crippen LogP contribution in [0.1, 0.15) is 56.9 Å². The predicted molar refractivity (Wildman–Crippen MR) is 121 cm³/mol. The molecule has 0 aliphatic heterocycles. The Hall–Kier alpha value is -3.70. The number of unbranched alkanes of at least 4 members (excludes halogenated alkanes) is 5. The van der Waals surface area contributed by atoms with Gasteiger partial charge in [0.2, 0.25) is 11.8 Å². The number of nitrogens with zero attached hydrogens (tertiary/aromatic N) is 2. The zero-order valence-corrected chi connectivity index (χ0v) is 18.5. The molecule has 0 spiro atoms. The number of ether oxygens (including phenoxy) is 1. The van der Waals surface area contributed by atoms with E-state index in [9.17, 15) is 24.5 Å². The Labute approximate surface area is 192 Å². The molecule has 0 aliphatic rings. The van der Waals surface area contributed by atoms with Gasteiger partial charge in [0.15, 0.2) is 5.03 Å². The maximum atomic E-state index is 12.1. The molecule has 0 bridgehead atoms. The van der Waals surface area contributed by atoms with Gasteiger partial charge in [-0.3, -0.25) is 14.4 Å². The molecule has 0 unspecified atom stereocenters. The summed E-state index contributed by atoms with van der Waals surface area (Å²) in [5, 5.41) is 17.4. The van der Waals surface area contributed by atoms with Crippen molar-refractivity contribution in [1.82, 2.24) is 10.6 Å². The first-order valence-corrected chi connectivity index (χ1v) is 10.8. The minimum atomic E-state index is -1.11. The summed E-state index contributed by atoms with van der Waals surface area (Å²) in [5.41, 5.74) is 11.4.